The molecule has 0 unspecified atom stereocenters. The number of hydrogen-bond donors (Lipinski definition) is 1. The highest BCUT2D eigenvalue weighted by molar-refractivity contribution is 5.81. The number of para-hydroxylation sites is 2. The quantitative estimate of drug-likeness (QED) is 0.704. The minimum absolute atomic E-state index is 0.514. The predicted molar refractivity (Wildman–Crippen MR) is 84.1 cm³/mol. The van der Waals surface area contributed by atoms with Crippen molar-refractivity contribution in [2.45, 2.75) is 26.3 Å². The maximum atomic E-state index is 5.58. The summed E-state index contributed by atoms with van der Waals surface area (Å²) in [6, 6.07) is 16.6. The van der Waals surface area contributed by atoms with Crippen LogP contribution in [0.2, 0.25) is 0 Å². The van der Waals surface area contributed by atoms with Crippen molar-refractivity contribution in [2.24, 2.45) is 0 Å². The highest BCUT2D eigenvalue weighted by atomic mass is 16.3. The fourth-order valence-corrected chi connectivity index (χ4v) is 2.52. The number of furan rings is 1. The molecule has 0 radical (unpaired) electrons. The van der Waals surface area contributed by atoms with E-state index >= 15 is 0 Å². The van der Waals surface area contributed by atoms with Crippen molar-refractivity contribution in [3.8, 4) is 0 Å². The maximum Gasteiger partial charge on any atom is 0.134 e. The Hall–Kier alpha value is -2.22. The Balaban J connectivity index is 1.83. The topological polar surface area (TPSA) is 25.2 Å². The van der Waals surface area contributed by atoms with Crippen LogP contribution in [0.1, 0.15) is 30.9 Å². The van der Waals surface area contributed by atoms with Gasteiger partial charge in [-0.3, -0.25) is 0 Å². The fourth-order valence-electron chi connectivity index (χ4n) is 2.52. The van der Waals surface area contributed by atoms with Gasteiger partial charge in [-0.15, -0.1) is 0 Å². The molecule has 1 heterocycles. The molecular weight excluding hydrogens is 246 g/mol. The smallest absolute Gasteiger partial charge is 0.134 e. The summed E-state index contributed by atoms with van der Waals surface area (Å²) in [5.74, 6) is 0.514. The van der Waals surface area contributed by atoms with Crippen molar-refractivity contribution in [1.82, 2.24) is 0 Å². The molecule has 0 fully saturated rings. The SMILES string of the molecule is CC(C)c1ccccc1NCc1coc2ccccc12. The standard InChI is InChI=1S/C18H19NO/c1-13(2)15-7-3-5-9-17(15)19-11-14-12-20-18-10-6-4-8-16(14)18/h3-10,12-13,19H,11H2,1-2H3. The molecule has 2 heteroatoms. The Kier molecular flexibility index (Phi) is 3.46. The molecule has 0 bridgehead atoms. The van der Waals surface area contributed by atoms with E-state index in [2.05, 4.69) is 49.5 Å². The van der Waals surface area contributed by atoms with Gasteiger partial charge in [0.1, 0.15) is 5.58 Å². The number of hydrogen-bond acceptors (Lipinski definition) is 2. The normalized spacial score (nSPS) is 11.2. The van der Waals surface area contributed by atoms with Crippen LogP contribution >= 0.6 is 0 Å². The first kappa shape index (κ1) is 12.8. The summed E-state index contributed by atoms with van der Waals surface area (Å²) in [4.78, 5) is 0. The minimum atomic E-state index is 0.514. The summed E-state index contributed by atoms with van der Waals surface area (Å²) in [6.45, 7) is 5.21. The van der Waals surface area contributed by atoms with E-state index in [0.29, 0.717) is 5.92 Å². The molecule has 0 spiro atoms. The summed E-state index contributed by atoms with van der Waals surface area (Å²) in [5.41, 5.74) is 4.69. The number of fused-ring (bicyclic) bond motifs is 1. The largest absolute Gasteiger partial charge is 0.464 e. The molecule has 2 nitrogen and oxygen atoms in total. The minimum Gasteiger partial charge on any atom is -0.464 e. The molecule has 0 aliphatic rings. The number of rotatable bonds is 4. The third-order valence-electron chi connectivity index (χ3n) is 3.61. The molecule has 0 aliphatic carbocycles. The predicted octanol–water partition coefficient (Wildman–Crippen LogP) is 5.17. The van der Waals surface area contributed by atoms with Crippen LogP contribution in [0.4, 0.5) is 5.69 Å². The molecule has 0 aliphatic heterocycles. The van der Waals surface area contributed by atoms with E-state index in [1.807, 2.05) is 24.5 Å². The average Bonchev–Trinajstić information content (AvgIpc) is 2.88. The second kappa shape index (κ2) is 5.41. The second-order valence-corrected chi connectivity index (χ2v) is 5.35. The molecule has 1 N–H and O–H groups in total. The van der Waals surface area contributed by atoms with Crippen molar-refractivity contribution in [3.63, 3.8) is 0 Å². The molecule has 1 aromatic heterocycles. The van der Waals surface area contributed by atoms with Gasteiger partial charge < -0.3 is 9.73 Å². The van der Waals surface area contributed by atoms with Gasteiger partial charge in [0.2, 0.25) is 0 Å². The van der Waals surface area contributed by atoms with Crippen molar-refractivity contribution >= 4 is 16.7 Å². The van der Waals surface area contributed by atoms with Gasteiger partial charge in [-0.2, -0.15) is 0 Å². The van der Waals surface area contributed by atoms with E-state index < -0.39 is 0 Å². The molecule has 20 heavy (non-hydrogen) atoms. The molecular formula is C18H19NO. The lowest BCUT2D eigenvalue weighted by Crippen LogP contribution is -2.02. The summed E-state index contributed by atoms with van der Waals surface area (Å²) < 4.78 is 5.58. The van der Waals surface area contributed by atoms with Gasteiger partial charge in [0.15, 0.2) is 0 Å². The zero-order valence-corrected chi connectivity index (χ0v) is 11.9. The third kappa shape index (κ3) is 2.42. The molecule has 0 atom stereocenters. The van der Waals surface area contributed by atoms with E-state index in [-0.39, 0.29) is 0 Å². The Labute approximate surface area is 119 Å². The van der Waals surface area contributed by atoms with Crippen molar-refractivity contribution in [2.75, 3.05) is 5.32 Å². The molecule has 2 aromatic carbocycles. The van der Waals surface area contributed by atoms with Crippen LogP contribution in [-0.4, -0.2) is 0 Å². The van der Waals surface area contributed by atoms with Crippen LogP contribution in [0.25, 0.3) is 11.0 Å². The second-order valence-electron chi connectivity index (χ2n) is 5.35. The van der Waals surface area contributed by atoms with Gasteiger partial charge in [-0.1, -0.05) is 50.2 Å². The van der Waals surface area contributed by atoms with Crippen LogP contribution in [0.5, 0.6) is 0 Å². The van der Waals surface area contributed by atoms with Gasteiger partial charge in [0.25, 0.3) is 0 Å². The molecule has 0 saturated carbocycles. The van der Waals surface area contributed by atoms with E-state index in [4.69, 9.17) is 4.42 Å². The zero-order chi connectivity index (χ0) is 13.9. The lowest BCUT2D eigenvalue weighted by Gasteiger charge is -2.14. The van der Waals surface area contributed by atoms with Gasteiger partial charge in [0, 0.05) is 23.2 Å². The van der Waals surface area contributed by atoms with Gasteiger partial charge in [-0.05, 0) is 23.6 Å². The molecule has 102 valence electrons. The summed E-state index contributed by atoms with van der Waals surface area (Å²) in [7, 11) is 0. The van der Waals surface area contributed by atoms with Crippen LogP contribution in [0.15, 0.2) is 59.2 Å². The fraction of sp³-hybridized carbons (Fsp3) is 0.222. The number of anilines is 1. The number of benzene rings is 2. The lowest BCUT2D eigenvalue weighted by molar-refractivity contribution is 0.611. The lowest BCUT2D eigenvalue weighted by atomic mass is 10.0. The monoisotopic (exact) mass is 265 g/mol. The molecule has 3 rings (SSSR count). The van der Waals surface area contributed by atoms with Crippen molar-refractivity contribution in [3.05, 3.63) is 65.9 Å². The summed E-state index contributed by atoms with van der Waals surface area (Å²) in [5, 5.41) is 4.71. The summed E-state index contributed by atoms with van der Waals surface area (Å²) in [6.07, 6.45) is 1.84. The van der Waals surface area contributed by atoms with Crippen LogP contribution in [0, 0.1) is 0 Å². The highest BCUT2D eigenvalue weighted by Crippen LogP contribution is 2.26. The summed E-state index contributed by atoms with van der Waals surface area (Å²) >= 11 is 0. The van der Waals surface area contributed by atoms with Gasteiger partial charge in [0.05, 0.1) is 6.26 Å². The maximum absolute atomic E-state index is 5.58. The van der Waals surface area contributed by atoms with Gasteiger partial charge >= 0.3 is 0 Å². The highest BCUT2D eigenvalue weighted by Gasteiger charge is 2.08. The third-order valence-corrected chi connectivity index (χ3v) is 3.61. The Morgan fingerprint density at radius 3 is 2.60 bits per heavy atom. The first-order valence-electron chi connectivity index (χ1n) is 7.03. The van der Waals surface area contributed by atoms with Gasteiger partial charge in [-0.25, -0.2) is 0 Å². The van der Waals surface area contributed by atoms with Crippen molar-refractivity contribution in [1.29, 1.82) is 0 Å². The van der Waals surface area contributed by atoms with Crippen LogP contribution in [-0.2, 0) is 6.54 Å². The van der Waals surface area contributed by atoms with Crippen LogP contribution < -0.4 is 5.32 Å². The average molecular weight is 265 g/mol. The van der Waals surface area contributed by atoms with E-state index in [1.165, 1.54) is 22.2 Å². The van der Waals surface area contributed by atoms with E-state index in [1.54, 1.807) is 0 Å². The Morgan fingerprint density at radius 2 is 1.75 bits per heavy atom. The first-order valence-corrected chi connectivity index (χ1v) is 7.03. The Morgan fingerprint density at radius 1 is 1.00 bits per heavy atom. The Bertz CT molecular complexity index is 712. The molecule has 0 saturated heterocycles. The first-order chi connectivity index (χ1) is 9.75. The number of nitrogens with one attached hydrogen (secondary N) is 1. The molecule has 0 amide bonds. The van der Waals surface area contributed by atoms with Crippen LogP contribution in [0.3, 0.4) is 0 Å². The van der Waals surface area contributed by atoms with Crippen molar-refractivity contribution < 1.29 is 4.42 Å². The van der Waals surface area contributed by atoms with E-state index in [0.717, 1.165) is 12.1 Å². The van der Waals surface area contributed by atoms with E-state index in [9.17, 15) is 0 Å². The zero-order valence-electron chi connectivity index (χ0n) is 11.9. The molecule has 3 aromatic rings.